The average molecular weight is 305 g/mol. The molecule has 0 amide bonds. The van der Waals surface area contributed by atoms with Gasteiger partial charge in [0.05, 0.1) is 28.6 Å². The summed E-state index contributed by atoms with van der Waals surface area (Å²) in [6.45, 7) is 0. The van der Waals surface area contributed by atoms with Crippen LogP contribution in [0.5, 0.6) is 5.75 Å². The van der Waals surface area contributed by atoms with Gasteiger partial charge >= 0.3 is 0 Å². The molecule has 100 valence electrons. The maximum atomic E-state index is 6.24. The lowest BCUT2D eigenvalue weighted by Gasteiger charge is -2.09. The summed E-state index contributed by atoms with van der Waals surface area (Å²) in [7, 11) is 1.61. The van der Waals surface area contributed by atoms with Gasteiger partial charge in [0.15, 0.2) is 5.82 Å². The third kappa shape index (κ3) is 2.19. The standard InChI is InChI=1S/C15H10Cl2N2O/c1-20-12-8-3-2-5-9(12)15-18-11-7-4-6-10(16)13(11)14(17)19-15/h2-8H,1H3. The number of hydrogen-bond donors (Lipinski definition) is 0. The first-order valence-corrected chi connectivity index (χ1v) is 6.71. The van der Waals surface area contributed by atoms with Crippen LogP contribution in [-0.4, -0.2) is 17.1 Å². The molecular formula is C15H10Cl2N2O. The van der Waals surface area contributed by atoms with Crippen LogP contribution in [0, 0.1) is 0 Å². The van der Waals surface area contributed by atoms with Crippen LogP contribution in [0.4, 0.5) is 0 Å². The van der Waals surface area contributed by atoms with Crippen molar-refractivity contribution in [3.05, 3.63) is 52.6 Å². The van der Waals surface area contributed by atoms with E-state index in [4.69, 9.17) is 27.9 Å². The molecule has 3 aromatic rings. The zero-order valence-electron chi connectivity index (χ0n) is 10.6. The van der Waals surface area contributed by atoms with Crippen LogP contribution in [0.25, 0.3) is 22.3 Å². The van der Waals surface area contributed by atoms with E-state index in [-0.39, 0.29) is 0 Å². The number of para-hydroxylation sites is 1. The third-order valence-corrected chi connectivity index (χ3v) is 3.56. The Morgan fingerprint density at radius 3 is 2.55 bits per heavy atom. The SMILES string of the molecule is COc1ccccc1-c1nc(Cl)c2c(Cl)cccc2n1. The molecule has 1 aromatic heterocycles. The van der Waals surface area contributed by atoms with E-state index in [0.717, 1.165) is 5.56 Å². The Hall–Kier alpha value is -1.84. The molecule has 0 fully saturated rings. The molecule has 0 saturated heterocycles. The summed E-state index contributed by atoms with van der Waals surface area (Å²) in [5, 5.41) is 1.54. The average Bonchev–Trinajstić information content (AvgIpc) is 2.47. The summed E-state index contributed by atoms with van der Waals surface area (Å²) in [6, 6.07) is 13.0. The maximum absolute atomic E-state index is 6.24. The van der Waals surface area contributed by atoms with Crippen LogP contribution in [0.3, 0.4) is 0 Å². The molecule has 5 heteroatoms. The van der Waals surface area contributed by atoms with Crippen molar-refractivity contribution in [1.29, 1.82) is 0 Å². The zero-order chi connectivity index (χ0) is 14.1. The van der Waals surface area contributed by atoms with Gasteiger partial charge in [-0.3, -0.25) is 0 Å². The summed E-state index contributed by atoms with van der Waals surface area (Å²) < 4.78 is 5.33. The molecule has 3 rings (SSSR count). The van der Waals surface area contributed by atoms with Gasteiger partial charge in [0.1, 0.15) is 10.9 Å². The number of methoxy groups -OCH3 is 1. The van der Waals surface area contributed by atoms with Gasteiger partial charge in [0, 0.05) is 0 Å². The maximum Gasteiger partial charge on any atom is 0.165 e. The molecule has 0 radical (unpaired) electrons. The third-order valence-electron chi connectivity index (χ3n) is 2.98. The number of nitrogens with zero attached hydrogens (tertiary/aromatic N) is 2. The minimum absolute atomic E-state index is 0.335. The van der Waals surface area contributed by atoms with Crippen LogP contribution in [0.15, 0.2) is 42.5 Å². The van der Waals surface area contributed by atoms with Crippen LogP contribution in [-0.2, 0) is 0 Å². The van der Waals surface area contributed by atoms with Crippen LogP contribution < -0.4 is 4.74 Å². The van der Waals surface area contributed by atoms with Gasteiger partial charge in [-0.25, -0.2) is 9.97 Å². The number of halogens is 2. The number of rotatable bonds is 2. The minimum Gasteiger partial charge on any atom is -0.496 e. The predicted octanol–water partition coefficient (Wildman–Crippen LogP) is 4.61. The van der Waals surface area contributed by atoms with Crippen molar-refractivity contribution in [3.63, 3.8) is 0 Å². The van der Waals surface area contributed by atoms with Crippen molar-refractivity contribution in [2.45, 2.75) is 0 Å². The summed E-state index contributed by atoms with van der Waals surface area (Å²) >= 11 is 12.4. The van der Waals surface area contributed by atoms with Crippen molar-refractivity contribution in [2.75, 3.05) is 7.11 Å². The van der Waals surface area contributed by atoms with Crippen LogP contribution in [0.2, 0.25) is 10.2 Å². The number of hydrogen-bond acceptors (Lipinski definition) is 3. The summed E-state index contributed by atoms with van der Waals surface area (Å²) in [5.41, 5.74) is 1.50. The van der Waals surface area contributed by atoms with Crippen molar-refractivity contribution in [3.8, 4) is 17.1 Å². The van der Waals surface area contributed by atoms with E-state index < -0.39 is 0 Å². The van der Waals surface area contributed by atoms with Crippen LogP contribution >= 0.6 is 23.2 Å². The number of benzene rings is 2. The fraction of sp³-hybridized carbons (Fsp3) is 0.0667. The number of aromatic nitrogens is 2. The van der Waals surface area contributed by atoms with Crippen LogP contribution in [0.1, 0.15) is 0 Å². The molecule has 0 atom stereocenters. The van der Waals surface area contributed by atoms with Gasteiger partial charge < -0.3 is 4.74 Å². The van der Waals surface area contributed by atoms with Crippen molar-refractivity contribution in [1.82, 2.24) is 9.97 Å². The van der Waals surface area contributed by atoms with Gasteiger partial charge in [0.2, 0.25) is 0 Å². The first-order valence-electron chi connectivity index (χ1n) is 5.96. The normalized spacial score (nSPS) is 10.8. The first kappa shape index (κ1) is 13.2. The molecule has 0 aliphatic carbocycles. The lowest BCUT2D eigenvalue weighted by Crippen LogP contribution is -1.95. The molecule has 0 bridgehead atoms. The highest BCUT2D eigenvalue weighted by molar-refractivity contribution is 6.41. The molecule has 20 heavy (non-hydrogen) atoms. The molecule has 1 heterocycles. The highest BCUT2D eigenvalue weighted by Gasteiger charge is 2.13. The molecule has 0 N–H and O–H groups in total. The van der Waals surface area contributed by atoms with Gasteiger partial charge in [-0.05, 0) is 24.3 Å². The van der Waals surface area contributed by atoms with Crippen molar-refractivity contribution < 1.29 is 4.74 Å². The lowest BCUT2D eigenvalue weighted by molar-refractivity contribution is 0.416. The number of ether oxygens (including phenoxy) is 1. The second kappa shape index (κ2) is 5.27. The molecule has 2 aromatic carbocycles. The minimum atomic E-state index is 0.335. The zero-order valence-corrected chi connectivity index (χ0v) is 12.1. The Bertz CT molecular complexity index is 790. The molecule has 0 unspecified atom stereocenters. The molecule has 3 nitrogen and oxygen atoms in total. The summed E-state index contributed by atoms with van der Waals surface area (Å²) in [4.78, 5) is 8.85. The van der Waals surface area contributed by atoms with Gasteiger partial charge in [-0.15, -0.1) is 0 Å². The predicted molar refractivity (Wildman–Crippen MR) is 81.5 cm³/mol. The summed E-state index contributed by atoms with van der Waals surface area (Å²) in [5.74, 6) is 1.21. The smallest absolute Gasteiger partial charge is 0.165 e. The monoisotopic (exact) mass is 304 g/mol. The lowest BCUT2D eigenvalue weighted by atomic mass is 10.1. The fourth-order valence-corrected chi connectivity index (χ4v) is 2.63. The largest absolute Gasteiger partial charge is 0.496 e. The van der Waals surface area contributed by atoms with E-state index in [0.29, 0.717) is 32.7 Å². The fourth-order valence-electron chi connectivity index (χ4n) is 2.05. The van der Waals surface area contributed by atoms with E-state index in [1.807, 2.05) is 36.4 Å². The van der Waals surface area contributed by atoms with Crippen molar-refractivity contribution in [2.24, 2.45) is 0 Å². The van der Waals surface area contributed by atoms with Gasteiger partial charge in [-0.1, -0.05) is 41.4 Å². The highest BCUT2D eigenvalue weighted by atomic mass is 35.5. The second-order valence-corrected chi connectivity index (χ2v) is 4.94. The first-order chi connectivity index (χ1) is 9.70. The topological polar surface area (TPSA) is 35.0 Å². The molecule has 0 aliphatic heterocycles. The van der Waals surface area contributed by atoms with Crippen molar-refractivity contribution >= 4 is 34.1 Å². The quantitative estimate of drug-likeness (QED) is 0.648. The Morgan fingerprint density at radius 1 is 0.950 bits per heavy atom. The number of fused-ring (bicyclic) bond motifs is 1. The highest BCUT2D eigenvalue weighted by Crippen LogP contribution is 2.33. The van der Waals surface area contributed by atoms with E-state index in [1.165, 1.54) is 0 Å². The Balaban J connectivity index is 2.28. The second-order valence-electron chi connectivity index (χ2n) is 4.17. The van der Waals surface area contributed by atoms with E-state index in [2.05, 4.69) is 9.97 Å². The molecule has 0 aliphatic rings. The Morgan fingerprint density at radius 2 is 1.75 bits per heavy atom. The summed E-state index contributed by atoms with van der Waals surface area (Å²) in [6.07, 6.45) is 0. The molecule has 0 spiro atoms. The van der Waals surface area contributed by atoms with Gasteiger partial charge in [0.25, 0.3) is 0 Å². The van der Waals surface area contributed by atoms with E-state index >= 15 is 0 Å². The Kier molecular flexibility index (Phi) is 3.47. The van der Waals surface area contributed by atoms with E-state index in [9.17, 15) is 0 Å². The molecule has 0 saturated carbocycles. The van der Waals surface area contributed by atoms with Gasteiger partial charge in [-0.2, -0.15) is 0 Å². The Labute approximate surface area is 126 Å². The van der Waals surface area contributed by atoms with E-state index in [1.54, 1.807) is 13.2 Å². The molecular weight excluding hydrogens is 295 g/mol.